The molecule has 96 valence electrons. The fraction of sp³-hybridized carbons (Fsp3) is 0.250. The summed E-state index contributed by atoms with van der Waals surface area (Å²) in [5.41, 5.74) is 8.26. The van der Waals surface area contributed by atoms with Gasteiger partial charge in [0.15, 0.2) is 0 Å². The first-order valence-corrected chi connectivity index (χ1v) is 7.51. The minimum atomic E-state index is -1.17. The predicted molar refractivity (Wildman–Crippen MR) is 76.6 cm³/mol. The Kier molecular flexibility index (Phi) is 3.87. The highest BCUT2D eigenvalue weighted by Crippen LogP contribution is 2.23. The van der Waals surface area contributed by atoms with Gasteiger partial charge in [-0.3, -0.25) is 8.89 Å². The van der Waals surface area contributed by atoms with Crippen molar-refractivity contribution in [3.63, 3.8) is 0 Å². The number of benzene rings is 1. The molecule has 18 heavy (non-hydrogen) atoms. The third-order valence-electron chi connectivity index (χ3n) is 2.60. The highest BCUT2D eigenvalue weighted by molar-refractivity contribution is 9.10. The van der Waals surface area contributed by atoms with Crippen LogP contribution in [0.2, 0.25) is 0 Å². The number of nitrogen functional groups attached to an aromatic ring is 1. The Morgan fingerprint density at radius 2 is 2.17 bits per heavy atom. The maximum atomic E-state index is 12.3. The zero-order chi connectivity index (χ0) is 13.3. The number of nitrogens with two attached hydrogens (primary N) is 1. The number of hydrogen-bond acceptors (Lipinski definition) is 3. The van der Waals surface area contributed by atoms with E-state index in [4.69, 9.17) is 5.73 Å². The van der Waals surface area contributed by atoms with Crippen LogP contribution >= 0.6 is 15.9 Å². The standard InChI is InChI=1S/C12H14BrN3OS/c1-8-5-10(16(2)15-8)7-18(17)12-6-9(13)3-4-11(12)14/h3-6H,7,14H2,1-2H3. The summed E-state index contributed by atoms with van der Waals surface area (Å²) < 4.78 is 14.9. The van der Waals surface area contributed by atoms with Gasteiger partial charge in [-0.15, -0.1) is 0 Å². The van der Waals surface area contributed by atoms with Crippen molar-refractivity contribution in [2.45, 2.75) is 17.6 Å². The van der Waals surface area contributed by atoms with Gasteiger partial charge in [0.05, 0.1) is 32.8 Å². The maximum absolute atomic E-state index is 12.3. The second-order valence-corrected chi connectivity index (χ2v) is 6.41. The average molecular weight is 328 g/mol. The van der Waals surface area contributed by atoms with Crippen molar-refractivity contribution < 1.29 is 4.21 Å². The molecule has 4 nitrogen and oxygen atoms in total. The third kappa shape index (κ3) is 2.81. The highest BCUT2D eigenvalue weighted by atomic mass is 79.9. The van der Waals surface area contributed by atoms with Gasteiger partial charge in [0.1, 0.15) is 0 Å². The van der Waals surface area contributed by atoms with Gasteiger partial charge in [-0.1, -0.05) is 15.9 Å². The Labute approximate surface area is 117 Å². The van der Waals surface area contributed by atoms with Crippen LogP contribution in [0.25, 0.3) is 0 Å². The Morgan fingerprint density at radius 3 is 2.78 bits per heavy atom. The molecule has 2 aromatic rings. The minimum absolute atomic E-state index is 0.415. The molecule has 0 amide bonds. The molecule has 2 N–H and O–H groups in total. The Bertz CT molecular complexity index is 609. The molecule has 0 radical (unpaired) electrons. The van der Waals surface area contributed by atoms with Crippen molar-refractivity contribution in [2.24, 2.45) is 7.05 Å². The van der Waals surface area contributed by atoms with E-state index in [9.17, 15) is 4.21 Å². The summed E-state index contributed by atoms with van der Waals surface area (Å²) in [5.74, 6) is 0.415. The molecule has 0 bridgehead atoms. The second kappa shape index (κ2) is 5.24. The summed E-state index contributed by atoms with van der Waals surface area (Å²) in [6, 6.07) is 7.33. The van der Waals surface area contributed by atoms with Crippen molar-refractivity contribution in [1.82, 2.24) is 9.78 Å². The summed E-state index contributed by atoms with van der Waals surface area (Å²) >= 11 is 3.36. The Balaban J connectivity index is 2.27. The van der Waals surface area contributed by atoms with E-state index in [2.05, 4.69) is 21.0 Å². The van der Waals surface area contributed by atoms with Crippen LogP contribution in [0.1, 0.15) is 11.4 Å². The van der Waals surface area contributed by atoms with Crippen LogP contribution in [0, 0.1) is 6.92 Å². The fourth-order valence-electron chi connectivity index (χ4n) is 1.72. The average Bonchev–Trinajstić information content (AvgIpc) is 2.61. The molecule has 2 rings (SSSR count). The van der Waals surface area contributed by atoms with E-state index < -0.39 is 10.8 Å². The molecule has 0 fully saturated rings. The van der Waals surface area contributed by atoms with Crippen LogP contribution in [0.4, 0.5) is 5.69 Å². The molecular weight excluding hydrogens is 314 g/mol. The summed E-state index contributed by atoms with van der Waals surface area (Å²) in [6.45, 7) is 1.92. The normalized spacial score (nSPS) is 12.6. The molecule has 6 heteroatoms. The quantitative estimate of drug-likeness (QED) is 0.880. The number of anilines is 1. The third-order valence-corrected chi connectivity index (χ3v) is 4.49. The van der Waals surface area contributed by atoms with Crippen molar-refractivity contribution in [3.8, 4) is 0 Å². The molecular formula is C12H14BrN3OS. The lowest BCUT2D eigenvalue weighted by atomic mass is 10.3. The van der Waals surface area contributed by atoms with Crippen LogP contribution in [-0.2, 0) is 23.6 Å². The van der Waals surface area contributed by atoms with Crippen molar-refractivity contribution in [1.29, 1.82) is 0 Å². The van der Waals surface area contributed by atoms with E-state index in [0.29, 0.717) is 16.3 Å². The Hall–Kier alpha value is -1.14. The van der Waals surface area contributed by atoms with Crippen molar-refractivity contribution in [3.05, 3.63) is 40.1 Å². The highest BCUT2D eigenvalue weighted by Gasteiger charge is 2.12. The van der Waals surface area contributed by atoms with Crippen LogP contribution in [0.15, 0.2) is 33.6 Å². The monoisotopic (exact) mass is 327 g/mol. The van der Waals surface area contributed by atoms with Gasteiger partial charge in [0.25, 0.3) is 0 Å². The number of nitrogens with zero attached hydrogens (tertiary/aromatic N) is 2. The topological polar surface area (TPSA) is 60.9 Å². The first-order chi connectivity index (χ1) is 8.47. The van der Waals surface area contributed by atoms with Gasteiger partial charge >= 0.3 is 0 Å². The van der Waals surface area contributed by atoms with Gasteiger partial charge in [0, 0.05) is 17.2 Å². The van der Waals surface area contributed by atoms with E-state index in [0.717, 1.165) is 15.9 Å². The number of aryl methyl sites for hydroxylation is 2. The zero-order valence-corrected chi connectivity index (χ0v) is 12.6. The van der Waals surface area contributed by atoms with E-state index in [-0.39, 0.29) is 0 Å². The van der Waals surface area contributed by atoms with E-state index in [1.807, 2.05) is 26.1 Å². The van der Waals surface area contributed by atoms with Crippen LogP contribution in [0.3, 0.4) is 0 Å². The SMILES string of the molecule is Cc1cc(CS(=O)c2cc(Br)ccc2N)n(C)n1. The van der Waals surface area contributed by atoms with Gasteiger partial charge in [-0.2, -0.15) is 5.10 Å². The molecule has 0 saturated heterocycles. The maximum Gasteiger partial charge on any atom is 0.0703 e. The van der Waals surface area contributed by atoms with E-state index >= 15 is 0 Å². The van der Waals surface area contributed by atoms with Crippen LogP contribution < -0.4 is 5.73 Å². The van der Waals surface area contributed by atoms with E-state index in [1.54, 1.807) is 16.8 Å². The van der Waals surface area contributed by atoms with Gasteiger partial charge < -0.3 is 5.73 Å². The molecule has 0 aliphatic rings. The molecule has 0 spiro atoms. The van der Waals surface area contributed by atoms with Crippen LogP contribution in [0.5, 0.6) is 0 Å². The van der Waals surface area contributed by atoms with Crippen LogP contribution in [-0.4, -0.2) is 14.0 Å². The fourth-order valence-corrected chi connectivity index (χ4v) is 3.51. The molecule has 1 unspecified atom stereocenters. The Morgan fingerprint density at radius 1 is 1.44 bits per heavy atom. The number of rotatable bonds is 3. The molecule has 1 atom stereocenters. The lowest BCUT2D eigenvalue weighted by molar-refractivity contribution is 0.676. The second-order valence-electron chi connectivity index (χ2n) is 4.07. The number of halogens is 1. The summed E-state index contributed by atoms with van der Waals surface area (Å²) in [4.78, 5) is 0.656. The number of aromatic nitrogens is 2. The van der Waals surface area contributed by atoms with Gasteiger partial charge in [-0.25, -0.2) is 0 Å². The molecule has 0 saturated carbocycles. The van der Waals surface area contributed by atoms with Crippen molar-refractivity contribution >= 4 is 32.4 Å². The van der Waals surface area contributed by atoms with Gasteiger partial charge in [0.2, 0.25) is 0 Å². The molecule has 0 aliphatic carbocycles. The molecule has 0 aliphatic heterocycles. The largest absolute Gasteiger partial charge is 0.398 e. The van der Waals surface area contributed by atoms with Crippen molar-refractivity contribution in [2.75, 3.05) is 5.73 Å². The number of hydrogen-bond donors (Lipinski definition) is 1. The lowest BCUT2D eigenvalue weighted by Crippen LogP contribution is -2.05. The molecule has 1 aromatic carbocycles. The predicted octanol–water partition coefficient (Wildman–Crippen LogP) is 2.38. The smallest absolute Gasteiger partial charge is 0.0703 e. The summed E-state index contributed by atoms with van der Waals surface area (Å²) in [7, 11) is 0.682. The van der Waals surface area contributed by atoms with E-state index in [1.165, 1.54) is 0 Å². The van der Waals surface area contributed by atoms with Gasteiger partial charge in [-0.05, 0) is 31.2 Å². The first kappa shape index (κ1) is 13.3. The summed E-state index contributed by atoms with van der Waals surface area (Å²) in [6.07, 6.45) is 0. The first-order valence-electron chi connectivity index (χ1n) is 5.40. The lowest BCUT2D eigenvalue weighted by Gasteiger charge is -2.06. The minimum Gasteiger partial charge on any atom is -0.398 e. The summed E-state index contributed by atoms with van der Waals surface area (Å²) in [5, 5.41) is 4.24. The molecule has 1 heterocycles. The molecule has 1 aromatic heterocycles. The zero-order valence-electron chi connectivity index (χ0n) is 10.2.